The molecule has 4 nitrogen and oxygen atoms in total. The van der Waals surface area contributed by atoms with Gasteiger partial charge in [-0.3, -0.25) is 4.79 Å². The van der Waals surface area contributed by atoms with Crippen molar-refractivity contribution in [1.29, 1.82) is 0 Å². The topological polar surface area (TPSA) is 61.7 Å². The summed E-state index contributed by atoms with van der Waals surface area (Å²) in [5.74, 6) is -0.501. The highest BCUT2D eigenvalue weighted by Crippen LogP contribution is 2.24. The number of hydrogen-bond acceptors (Lipinski definition) is 3. The van der Waals surface area contributed by atoms with Gasteiger partial charge >= 0.3 is 0 Å². The summed E-state index contributed by atoms with van der Waals surface area (Å²) in [4.78, 5) is 12.3. The quantitative estimate of drug-likeness (QED) is 0.566. The van der Waals surface area contributed by atoms with Gasteiger partial charge in [0.05, 0.1) is 11.3 Å². The third-order valence-corrected chi connectivity index (χ3v) is 3.90. The zero-order chi connectivity index (χ0) is 17.1. The van der Waals surface area contributed by atoms with E-state index >= 15 is 0 Å². The lowest BCUT2D eigenvalue weighted by Gasteiger charge is -2.07. The van der Waals surface area contributed by atoms with Crippen molar-refractivity contribution in [1.82, 2.24) is 5.43 Å². The fraction of sp³-hybridized carbons (Fsp3) is 0.100. The summed E-state index contributed by atoms with van der Waals surface area (Å²) in [6.07, 6.45) is 0. The molecule has 3 aromatic rings. The molecule has 3 rings (SSSR count). The molecule has 0 aliphatic rings. The van der Waals surface area contributed by atoms with Gasteiger partial charge in [-0.05, 0) is 42.3 Å². The number of rotatable bonds is 3. The summed E-state index contributed by atoms with van der Waals surface area (Å²) in [5.41, 5.74) is 5.50. The zero-order valence-corrected chi connectivity index (χ0v) is 13.6. The van der Waals surface area contributed by atoms with Gasteiger partial charge in [-0.1, -0.05) is 54.1 Å². The first kappa shape index (κ1) is 15.7. The number of nitrogens with zero attached hydrogens (tertiary/aromatic N) is 1. The Morgan fingerprint density at radius 2 is 1.62 bits per heavy atom. The minimum Gasteiger partial charge on any atom is -0.507 e. The van der Waals surface area contributed by atoms with Crippen molar-refractivity contribution in [3.05, 3.63) is 77.4 Å². The monoisotopic (exact) mass is 318 g/mol. The van der Waals surface area contributed by atoms with Crippen LogP contribution in [0.25, 0.3) is 10.8 Å². The van der Waals surface area contributed by atoms with Crippen LogP contribution in [0, 0.1) is 6.92 Å². The molecule has 1 amide bonds. The van der Waals surface area contributed by atoms with Crippen molar-refractivity contribution < 1.29 is 9.90 Å². The maximum atomic E-state index is 12.3. The Bertz CT molecular complexity index is 928. The Morgan fingerprint density at radius 3 is 2.29 bits per heavy atom. The van der Waals surface area contributed by atoms with Gasteiger partial charge in [-0.2, -0.15) is 5.10 Å². The summed E-state index contributed by atoms with van der Waals surface area (Å²) in [6.45, 7) is 3.84. The molecule has 0 unspecified atom stereocenters. The van der Waals surface area contributed by atoms with E-state index in [-0.39, 0.29) is 11.3 Å². The fourth-order valence-electron chi connectivity index (χ4n) is 2.46. The molecule has 2 N–H and O–H groups in total. The van der Waals surface area contributed by atoms with Gasteiger partial charge in [0.25, 0.3) is 5.91 Å². The summed E-state index contributed by atoms with van der Waals surface area (Å²) in [7, 11) is 0. The maximum Gasteiger partial charge on any atom is 0.275 e. The van der Waals surface area contributed by atoms with Gasteiger partial charge in [-0.15, -0.1) is 0 Å². The molecular formula is C20H18N2O2. The summed E-state index contributed by atoms with van der Waals surface area (Å²) in [6, 6.07) is 18.7. The van der Waals surface area contributed by atoms with E-state index < -0.39 is 5.91 Å². The first-order valence-electron chi connectivity index (χ1n) is 7.68. The maximum absolute atomic E-state index is 12.3. The molecule has 0 bridgehead atoms. The molecule has 3 aromatic carbocycles. The standard InChI is InChI=1S/C20H18N2O2/c1-13-7-9-15(10-8-13)14(2)21-22-20(24)18-11-16-5-3-4-6-17(16)12-19(18)23/h3-12,23H,1-2H3,(H,22,24)/b21-14+. The molecule has 24 heavy (non-hydrogen) atoms. The minimum atomic E-state index is -0.440. The van der Waals surface area contributed by atoms with E-state index in [1.54, 1.807) is 12.1 Å². The van der Waals surface area contributed by atoms with E-state index in [0.29, 0.717) is 5.71 Å². The molecule has 0 spiro atoms. The Labute approximate surface area is 140 Å². The van der Waals surface area contributed by atoms with Crippen LogP contribution < -0.4 is 5.43 Å². The van der Waals surface area contributed by atoms with Crippen LogP contribution in [0.15, 0.2) is 65.8 Å². The lowest BCUT2D eigenvalue weighted by Crippen LogP contribution is -2.19. The number of carbonyl (C=O) groups is 1. The van der Waals surface area contributed by atoms with Crippen molar-refractivity contribution >= 4 is 22.4 Å². The molecule has 0 aromatic heterocycles. The lowest BCUT2D eigenvalue weighted by molar-refractivity contribution is 0.0952. The molecular weight excluding hydrogens is 300 g/mol. The number of hydrazone groups is 1. The summed E-state index contributed by atoms with van der Waals surface area (Å²) in [5, 5.41) is 16.0. The normalized spacial score (nSPS) is 11.5. The van der Waals surface area contributed by atoms with Crippen molar-refractivity contribution in [2.45, 2.75) is 13.8 Å². The van der Waals surface area contributed by atoms with Gasteiger partial charge < -0.3 is 5.11 Å². The summed E-state index contributed by atoms with van der Waals surface area (Å²) >= 11 is 0. The Balaban J connectivity index is 1.83. The summed E-state index contributed by atoms with van der Waals surface area (Å²) < 4.78 is 0. The highest BCUT2D eigenvalue weighted by molar-refractivity contribution is 6.03. The van der Waals surface area contributed by atoms with Crippen molar-refractivity contribution in [2.24, 2.45) is 5.10 Å². The largest absolute Gasteiger partial charge is 0.507 e. The number of hydrogen-bond donors (Lipinski definition) is 2. The van der Waals surface area contributed by atoms with Crippen molar-refractivity contribution in [3.8, 4) is 5.75 Å². The van der Waals surface area contributed by atoms with Gasteiger partial charge in [0, 0.05) is 0 Å². The molecule has 0 aliphatic heterocycles. The van der Waals surface area contributed by atoms with E-state index in [2.05, 4.69) is 10.5 Å². The van der Waals surface area contributed by atoms with Crippen molar-refractivity contribution in [3.63, 3.8) is 0 Å². The number of phenolic OH excluding ortho intramolecular Hbond substituents is 1. The average molecular weight is 318 g/mol. The highest BCUT2D eigenvalue weighted by atomic mass is 16.3. The average Bonchev–Trinajstić information content (AvgIpc) is 2.59. The molecule has 0 aliphatic carbocycles. The fourth-order valence-corrected chi connectivity index (χ4v) is 2.46. The van der Waals surface area contributed by atoms with Crippen LogP contribution in [0.2, 0.25) is 0 Å². The number of nitrogens with one attached hydrogen (secondary N) is 1. The molecule has 120 valence electrons. The number of phenols is 1. The van der Waals surface area contributed by atoms with Crippen LogP contribution >= 0.6 is 0 Å². The lowest BCUT2D eigenvalue weighted by atomic mass is 10.1. The predicted octanol–water partition coefficient (Wildman–Crippen LogP) is 4.01. The van der Waals surface area contributed by atoms with Gasteiger partial charge in [0.1, 0.15) is 5.75 Å². The zero-order valence-electron chi connectivity index (χ0n) is 13.6. The van der Waals surface area contributed by atoms with Crippen LogP contribution in [-0.4, -0.2) is 16.7 Å². The second kappa shape index (κ2) is 6.54. The van der Waals surface area contributed by atoms with Gasteiger partial charge in [0.15, 0.2) is 0 Å². The van der Waals surface area contributed by atoms with Crippen LogP contribution in [0.3, 0.4) is 0 Å². The van der Waals surface area contributed by atoms with Gasteiger partial charge in [-0.25, -0.2) is 5.43 Å². The SMILES string of the molecule is C/C(=N\NC(=O)c1cc2ccccc2cc1O)c1ccc(C)cc1. The molecule has 0 saturated carbocycles. The third-order valence-electron chi connectivity index (χ3n) is 3.90. The van der Waals surface area contributed by atoms with Crippen molar-refractivity contribution in [2.75, 3.05) is 0 Å². The van der Waals surface area contributed by atoms with Crippen LogP contribution in [0.5, 0.6) is 5.75 Å². The smallest absolute Gasteiger partial charge is 0.275 e. The molecule has 0 saturated heterocycles. The van der Waals surface area contributed by atoms with Crippen LogP contribution in [0.4, 0.5) is 0 Å². The second-order valence-corrected chi connectivity index (χ2v) is 5.72. The number of fused-ring (bicyclic) bond motifs is 1. The molecule has 0 fully saturated rings. The predicted molar refractivity (Wildman–Crippen MR) is 96.5 cm³/mol. The minimum absolute atomic E-state index is 0.0608. The molecule has 0 heterocycles. The Morgan fingerprint density at radius 1 is 1.00 bits per heavy atom. The van der Waals surface area contributed by atoms with Crippen LogP contribution in [0.1, 0.15) is 28.4 Å². The molecule has 0 radical (unpaired) electrons. The number of aryl methyl sites for hydroxylation is 1. The van der Waals surface area contributed by atoms with Gasteiger partial charge in [0.2, 0.25) is 0 Å². The first-order chi connectivity index (χ1) is 11.5. The van der Waals surface area contributed by atoms with E-state index in [1.807, 2.05) is 62.4 Å². The second-order valence-electron chi connectivity index (χ2n) is 5.72. The highest BCUT2D eigenvalue weighted by Gasteiger charge is 2.12. The van der Waals surface area contributed by atoms with E-state index in [9.17, 15) is 9.90 Å². The number of benzene rings is 3. The first-order valence-corrected chi connectivity index (χ1v) is 7.68. The third kappa shape index (κ3) is 3.27. The number of aromatic hydroxyl groups is 1. The molecule has 4 heteroatoms. The molecule has 0 atom stereocenters. The Hall–Kier alpha value is -3.14. The Kier molecular flexibility index (Phi) is 4.29. The number of amides is 1. The number of carbonyl (C=O) groups excluding carboxylic acids is 1. The van der Waals surface area contributed by atoms with Crippen LogP contribution in [-0.2, 0) is 0 Å². The van der Waals surface area contributed by atoms with E-state index in [4.69, 9.17) is 0 Å². The van der Waals surface area contributed by atoms with E-state index in [0.717, 1.165) is 21.9 Å². The van der Waals surface area contributed by atoms with E-state index in [1.165, 1.54) is 0 Å².